The molecule has 1 amide bonds. The van der Waals surface area contributed by atoms with Crippen LogP contribution < -0.4 is 10.9 Å². The third-order valence-corrected chi connectivity index (χ3v) is 3.00. The van der Waals surface area contributed by atoms with E-state index in [1.165, 1.54) is 10.6 Å². The molecule has 1 saturated carbocycles. The number of rotatable bonds is 4. The van der Waals surface area contributed by atoms with Crippen LogP contribution in [-0.2, 0) is 7.05 Å². The van der Waals surface area contributed by atoms with Gasteiger partial charge in [-0.05, 0) is 24.8 Å². The van der Waals surface area contributed by atoms with E-state index in [2.05, 4.69) is 5.32 Å². The maximum absolute atomic E-state index is 11.7. The standard InChI is InChI=1S/C12H16N2O3/c1-14-5-4-9(6-11(14)16)12(17)13-7-10(15)8-2-3-8/h4-6,8,10,15H,2-3,7H2,1H3,(H,13,17). The van der Waals surface area contributed by atoms with E-state index < -0.39 is 6.10 Å². The van der Waals surface area contributed by atoms with Crippen molar-refractivity contribution in [1.82, 2.24) is 9.88 Å². The van der Waals surface area contributed by atoms with E-state index in [-0.39, 0.29) is 18.0 Å². The van der Waals surface area contributed by atoms with E-state index >= 15 is 0 Å². The number of aliphatic hydroxyl groups is 1. The van der Waals surface area contributed by atoms with Gasteiger partial charge in [0.05, 0.1) is 6.10 Å². The Morgan fingerprint density at radius 1 is 1.65 bits per heavy atom. The van der Waals surface area contributed by atoms with Crippen LogP contribution in [0.3, 0.4) is 0 Å². The minimum Gasteiger partial charge on any atom is -0.391 e. The van der Waals surface area contributed by atoms with E-state index in [0.717, 1.165) is 12.8 Å². The Balaban J connectivity index is 1.94. The molecule has 17 heavy (non-hydrogen) atoms. The molecule has 0 bridgehead atoms. The van der Waals surface area contributed by atoms with Crippen LogP contribution in [0.25, 0.3) is 0 Å². The summed E-state index contributed by atoms with van der Waals surface area (Å²) < 4.78 is 1.40. The number of aromatic nitrogens is 1. The second kappa shape index (κ2) is 4.71. The lowest BCUT2D eigenvalue weighted by atomic mass is 10.2. The lowest BCUT2D eigenvalue weighted by Gasteiger charge is -2.10. The van der Waals surface area contributed by atoms with Crippen molar-refractivity contribution in [3.05, 3.63) is 34.2 Å². The molecule has 1 unspecified atom stereocenters. The Morgan fingerprint density at radius 3 is 2.94 bits per heavy atom. The van der Waals surface area contributed by atoms with Crippen molar-refractivity contribution >= 4 is 5.91 Å². The fourth-order valence-corrected chi connectivity index (χ4v) is 1.64. The SMILES string of the molecule is Cn1ccc(C(=O)NCC(O)C2CC2)cc1=O. The van der Waals surface area contributed by atoms with E-state index in [9.17, 15) is 14.7 Å². The average molecular weight is 236 g/mol. The van der Waals surface area contributed by atoms with Gasteiger partial charge in [-0.25, -0.2) is 0 Å². The molecule has 2 rings (SSSR count). The van der Waals surface area contributed by atoms with Gasteiger partial charge in [-0.15, -0.1) is 0 Å². The number of nitrogens with one attached hydrogen (secondary N) is 1. The van der Waals surface area contributed by atoms with Crippen molar-refractivity contribution in [2.45, 2.75) is 18.9 Å². The van der Waals surface area contributed by atoms with E-state index in [4.69, 9.17) is 0 Å². The second-order valence-electron chi connectivity index (χ2n) is 4.48. The molecule has 1 atom stereocenters. The number of nitrogens with zero attached hydrogens (tertiary/aromatic N) is 1. The molecule has 2 N–H and O–H groups in total. The fourth-order valence-electron chi connectivity index (χ4n) is 1.64. The first-order chi connectivity index (χ1) is 8.08. The smallest absolute Gasteiger partial charge is 0.251 e. The lowest BCUT2D eigenvalue weighted by Crippen LogP contribution is -2.33. The Morgan fingerprint density at radius 2 is 2.35 bits per heavy atom. The highest BCUT2D eigenvalue weighted by Gasteiger charge is 2.29. The van der Waals surface area contributed by atoms with Crippen LogP contribution in [0, 0.1) is 5.92 Å². The minimum absolute atomic E-state index is 0.222. The van der Waals surface area contributed by atoms with Crippen LogP contribution >= 0.6 is 0 Å². The molecule has 1 fully saturated rings. The predicted octanol–water partition coefficient (Wildman–Crippen LogP) is -0.114. The predicted molar refractivity (Wildman–Crippen MR) is 62.7 cm³/mol. The van der Waals surface area contributed by atoms with Crippen LogP contribution in [0.2, 0.25) is 0 Å². The van der Waals surface area contributed by atoms with Crippen LogP contribution in [0.15, 0.2) is 23.1 Å². The highest BCUT2D eigenvalue weighted by atomic mass is 16.3. The maximum atomic E-state index is 11.7. The topological polar surface area (TPSA) is 71.3 Å². The van der Waals surface area contributed by atoms with Crippen LogP contribution in [0.1, 0.15) is 23.2 Å². The number of carbonyl (C=O) groups excluding carboxylic acids is 1. The molecule has 5 heteroatoms. The summed E-state index contributed by atoms with van der Waals surface area (Å²) >= 11 is 0. The van der Waals surface area contributed by atoms with Gasteiger partial charge in [0.1, 0.15) is 0 Å². The number of aryl methyl sites for hydroxylation is 1. The van der Waals surface area contributed by atoms with Crippen molar-refractivity contribution in [1.29, 1.82) is 0 Å². The van der Waals surface area contributed by atoms with Gasteiger partial charge in [0.25, 0.3) is 11.5 Å². The fraction of sp³-hybridized carbons (Fsp3) is 0.500. The molecule has 1 aromatic rings. The highest BCUT2D eigenvalue weighted by molar-refractivity contribution is 5.93. The zero-order valence-corrected chi connectivity index (χ0v) is 9.72. The maximum Gasteiger partial charge on any atom is 0.251 e. The largest absolute Gasteiger partial charge is 0.391 e. The van der Waals surface area contributed by atoms with Gasteiger partial charge in [0.2, 0.25) is 0 Å². The summed E-state index contributed by atoms with van der Waals surface area (Å²) in [5, 5.41) is 12.2. The number of hydrogen-bond donors (Lipinski definition) is 2. The Bertz CT molecular complexity index is 477. The van der Waals surface area contributed by atoms with Crippen molar-refractivity contribution < 1.29 is 9.90 Å². The van der Waals surface area contributed by atoms with Gasteiger partial charge in [0, 0.05) is 31.4 Å². The summed E-state index contributed by atoms with van der Waals surface area (Å²) in [7, 11) is 1.63. The van der Waals surface area contributed by atoms with Gasteiger partial charge < -0.3 is 15.0 Å². The van der Waals surface area contributed by atoms with Gasteiger partial charge in [-0.2, -0.15) is 0 Å². The van der Waals surface area contributed by atoms with Crippen LogP contribution in [0.5, 0.6) is 0 Å². The molecule has 1 aliphatic carbocycles. The summed E-state index contributed by atoms with van der Waals surface area (Å²) in [6, 6.07) is 2.87. The van der Waals surface area contributed by atoms with Crippen molar-refractivity contribution in [3.63, 3.8) is 0 Å². The molecule has 0 saturated heterocycles. The number of hydrogen-bond acceptors (Lipinski definition) is 3. The number of carbonyl (C=O) groups is 1. The molecule has 92 valence electrons. The third-order valence-electron chi connectivity index (χ3n) is 3.00. The molecular weight excluding hydrogens is 220 g/mol. The molecule has 1 aliphatic rings. The van der Waals surface area contributed by atoms with Crippen LogP contribution in [-0.4, -0.2) is 28.2 Å². The molecule has 0 spiro atoms. The highest BCUT2D eigenvalue weighted by Crippen LogP contribution is 2.32. The Labute approximate surface area is 99.1 Å². The minimum atomic E-state index is -0.467. The molecule has 5 nitrogen and oxygen atoms in total. The summed E-state index contributed by atoms with van der Waals surface area (Å²) in [5.74, 6) is 0.0151. The molecule has 0 aromatic carbocycles. The summed E-state index contributed by atoms with van der Waals surface area (Å²) in [6.45, 7) is 0.249. The zero-order valence-electron chi connectivity index (χ0n) is 9.72. The van der Waals surface area contributed by atoms with Gasteiger partial charge >= 0.3 is 0 Å². The monoisotopic (exact) mass is 236 g/mol. The molecule has 0 radical (unpaired) electrons. The second-order valence-corrected chi connectivity index (χ2v) is 4.48. The van der Waals surface area contributed by atoms with Crippen molar-refractivity contribution in [2.75, 3.05) is 6.54 Å². The van der Waals surface area contributed by atoms with E-state index in [1.807, 2.05) is 0 Å². The zero-order chi connectivity index (χ0) is 12.4. The van der Waals surface area contributed by atoms with E-state index in [0.29, 0.717) is 11.5 Å². The molecule has 1 heterocycles. The normalized spacial score (nSPS) is 16.6. The van der Waals surface area contributed by atoms with Crippen molar-refractivity contribution in [2.24, 2.45) is 13.0 Å². The molecule has 0 aliphatic heterocycles. The first-order valence-corrected chi connectivity index (χ1v) is 5.71. The Kier molecular flexibility index (Phi) is 3.28. The van der Waals surface area contributed by atoms with Crippen molar-refractivity contribution in [3.8, 4) is 0 Å². The van der Waals surface area contributed by atoms with Crippen LogP contribution in [0.4, 0.5) is 0 Å². The lowest BCUT2D eigenvalue weighted by molar-refractivity contribution is 0.0901. The summed E-state index contributed by atoms with van der Waals surface area (Å²) in [4.78, 5) is 23.0. The Hall–Kier alpha value is -1.62. The average Bonchev–Trinajstić information content (AvgIpc) is 3.13. The third kappa shape index (κ3) is 2.94. The van der Waals surface area contributed by atoms with E-state index in [1.54, 1.807) is 19.3 Å². The van der Waals surface area contributed by atoms with Gasteiger partial charge in [-0.1, -0.05) is 0 Å². The quantitative estimate of drug-likeness (QED) is 0.766. The first-order valence-electron chi connectivity index (χ1n) is 5.71. The summed E-state index contributed by atoms with van der Waals surface area (Å²) in [6.07, 6.45) is 3.14. The first kappa shape index (κ1) is 11.9. The number of amides is 1. The molecule has 1 aromatic heterocycles. The van der Waals surface area contributed by atoms with Gasteiger partial charge in [-0.3, -0.25) is 9.59 Å². The molecular formula is C12H16N2O3. The summed E-state index contributed by atoms with van der Waals surface area (Å²) in [5.41, 5.74) is 0.108. The number of aliphatic hydroxyl groups excluding tert-OH is 1. The van der Waals surface area contributed by atoms with Gasteiger partial charge in [0.15, 0.2) is 0 Å². The number of pyridine rings is 1.